The van der Waals surface area contributed by atoms with Gasteiger partial charge in [0.25, 0.3) is 9.20 Å². The van der Waals surface area contributed by atoms with Crippen LogP contribution in [0.5, 0.6) is 0 Å². The Morgan fingerprint density at radius 1 is 1.60 bits per heavy atom. The van der Waals surface area contributed by atoms with Gasteiger partial charge in [-0.2, -0.15) is 0 Å². The molecule has 3 nitrogen and oxygen atoms in total. The first-order valence-corrected chi connectivity index (χ1v) is 5.55. The molecule has 4 heteroatoms. The average Bonchev–Trinajstić information content (AvgIpc) is 2.05. The number of hydrogen-bond donors (Lipinski definition) is 1. The van der Waals surface area contributed by atoms with Gasteiger partial charge in [-0.15, -0.1) is 0 Å². The summed E-state index contributed by atoms with van der Waals surface area (Å²) in [5, 5.41) is 5.74. The molecule has 2 atom stereocenters. The maximum absolute atomic E-state index is 5.74. The molecule has 1 saturated heterocycles. The van der Waals surface area contributed by atoms with Crippen LogP contribution in [-0.4, -0.2) is 28.6 Å². The second-order valence-electron chi connectivity index (χ2n) is 2.61. The average molecular weight is 161 g/mol. The van der Waals surface area contributed by atoms with Gasteiger partial charge in [0.1, 0.15) is 0 Å². The van der Waals surface area contributed by atoms with E-state index < -0.39 is 9.20 Å². The minimum absolute atomic E-state index is 0.263. The Kier molecular flexibility index (Phi) is 3.34. The lowest BCUT2D eigenvalue weighted by atomic mass is 10.2. The van der Waals surface area contributed by atoms with Crippen molar-refractivity contribution in [2.75, 3.05) is 13.7 Å². The summed E-state index contributed by atoms with van der Waals surface area (Å²) in [5.41, 5.74) is 0.263. The van der Waals surface area contributed by atoms with Crippen molar-refractivity contribution in [1.82, 2.24) is 0 Å². The Hall–Kier alpha value is 0.0969. The Morgan fingerprint density at radius 2 is 2.40 bits per heavy atom. The van der Waals surface area contributed by atoms with Crippen LogP contribution in [0.15, 0.2) is 0 Å². The van der Waals surface area contributed by atoms with Crippen molar-refractivity contribution in [3.05, 3.63) is 0 Å². The third-order valence-corrected chi connectivity index (χ3v) is 3.66. The number of hydrogen-bond acceptors (Lipinski definition) is 3. The molecule has 1 aliphatic rings. The van der Waals surface area contributed by atoms with E-state index >= 15 is 0 Å². The van der Waals surface area contributed by atoms with Crippen molar-refractivity contribution in [3.8, 4) is 0 Å². The van der Waals surface area contributed by atoms with Crippen LogP contribution in [-0.2, 0) is 9.16 Å². The summed E-state index contributed by atoms with van der Waals surface area (Å²) >= 11 is 0. The molecule has 0 aromatic carbocycles. The molecule has 2 unspecified atom stereocenters. The molecule has 0 aromatic rings. The van der Waals surface area contributed by atoms with Gasteiger partial charge in [-0.3, -0.25) is 0 Å². The third kappa shape index (κ3) is 2.05. The molecule has 1 rings (SSSR count). The first kappa shape index (κ1) is 8.20. The highest BCUT2D eigenvalue weighted by molar-refractivity contribution is 6.49. The van der Waals surface area contributed by atoms with Gasteiger partial charge in [0, 0.05) is 13.7 Å². The van der Waals surface area contributed by atoms with E-state index in [1.807, 2.05) is 0 Å². The quantitative estimate of drug-likeness (QED) is 0.576. The number of nitrogens with two attached hydrogens (primary N) is 1. The largest absolute Gasteiger partial charge is 0.407 e. The van der Waals surface area contributed by atoms with E-state index in [-0.39, 0.29) is 5.73 Å². The maximum Gasteiger partial charge on any atom is 0.278 e. The van der Waals surface area contributed by atoms with E-state index in [1.165, 1.54) is 12.8 Å². The van der Waals surface area contributed by atoms with Crippen LogP contribution in [0.4, 0.5) is 0 Å². The molecule has 1 fully saturated rings. The second kappa shape index (κ2) is 4.08. The van der Waals surface area contributed by atoms with Crippen molar-refractivity contribution >= 4 is 9.20 Å². The molecule has 2 N–H and O–H groups in total. The normalized spacial score (nSPS) is 30.0. The topological polar surface area (TPSA) is 44.5 Å². The summed E-state index contributed by atoms with van der Waals surface area (Å²) < 4.78 is 10.5. The SMILES string of the molecule is CO[SiH](N)C1CCCCO1. The van der Waals surface area contributed by atoms with Crippen molar-refractivity contribution in [1.29, 1.82) is 0 Å². The van der Waals surface area contributed by atoms with Gasteiger partial charge < -0.3 is 14.6 Å². The smallest absolute Gasteiger partial charge is 0.278 e. The van der Waals surface area contributed by atoms with Gasteiger partial charge in [-0.25, -0.2) is 0 Å². The standard InChI is InChI=1S/C6H15NO2Si/c1-8-10(7)6-4-2-3-5-9-6/h6,10H,2-5,7H2,1H3. The lowest BCUT2D eigenvalue weighted by molar-refractivity contribution is 0.0525. The highest BCUT2D eigenvalue weighted by Crippen LogP contribution is 2.13. The fourth-order valence-electron chi connectivity index (χ4n) is 1.18. The minimum atomic E-state index is -1.48. The highest BCUT2D eigenvalue weighted by atomic mass is 28.3. The van der Waals surface area contributed by atoms with Crippen LogP contribution in [0, 0.1) is 0 Å². The molecule has 0 bridgehead atoms. The van der Waals surface area contributed by atoms with Gasteiger partial charge >= 0.3 is 0 Å². The van der Waals surface area contributed by atoms with Crippen molar-refractivity contribution < 1.29 is 9.16 Å². The van der Waals surface area contributed by atoms with Gasteiger partial charge in [0.2, 0.25) is 0 Å². The first-order chi connectivity index (χ1) is 4.84. The molecule has 0 spiro atoms. The summed E-state index contributed by atoms with van der Waals surface area (Å²) in [7, 11) is 0.191. The zero-order valence-corrected chi connectivity index (χ0v) is 7.53. The molecule has 0 amide bonds. The van der Waals surface area contributed by atoms with Crippen LogP contribution in [0.2, 0.25) is 0 Å². The van der Waals surface area contributed by atoms with Gasteiger partial charge in [-0.1, -0.05) is 0 Å². The molecule has 0 aromatic heterocycles. The monoisotopic (exact) mass is 161 g/mol. The van der Waals surface area contributed by atoms with E-state index in [9.17, 15) is 0 Å². The zero-order chi connectivity index (χ0) is 7.40. The summed E-state index contributed by atoms with van der Waals surface area (Å²) in [6, 6.07) is 0. The maximum atomic E-state index is 5.74. The lowest BCUT2D eigenvalue weighted by Gasteiger charge is -2.25. The second-order valence-corrected chi connectivity index (χ2v) is 4.75. The molecule has 1 aliphatic heterocycles. The predicted molar refractivity (Wildman–Crippen MR) is 41.9 cm³/mol. The fourth-order valence-corrected chi connectivity index (χ4v) is 2.37. The van der Waals surface area contributed by atoms with Crippen molar-refractivity contribution in [2.24, 2.45) is 5.40 Å². The van der Waals surface area contributed by atoms with Crippen LogP contribution in [0.3, 0.4) is 0 Å². The number of rotatable bonds is 2. The van der Waals surface area contributed by atoms with Crippen LogP contribution >= 0.6 is 0 Å². The van der Waals surface area contributed by atoms with Crippen LogP contribution < -0.4 is 5.40 Å². The Labute approximate surface area is 63.3 Å². The van der Waals surface area contributed by atoms with Gasteiger partial charge in [0.15, 0.2) is 0 Å². The summed E-state index contributed by atoms with van der Waals surface area (Å²) in [4.78, 5) is 0. The molecule has 60 valence electrons. The zero-order valence-electron chi connectivity index (χ0n) is 6.38. The van der Waals surface area contributed by atoms with E-state index in [4.69, 9.17) is 14.6 Å². The molecular formula is C6H15NO2Si. The van der Waals surface area contributed by atoms with Crippen LogP contribution in [0.1, 0.15) is 19.3 Å². The third-order valence-electron chi connectivity index (χ3n) is 1.85. The van der Waals surface area contributed by atoms with Gasteiger partial charge in [-0.05, 0) is 19.3 Å². The van der Waals surface area contributed by atoms with Crippen molar-refractivity contribution in [2.45, 2.75) is 25.0 Å². The molecule has 0 radical (unpaired) electrons. The van der Waals surface area contributed by atoms with Gasteiger partial charge in [0.05, 0.1) is 5.73 Å². The predicted octanol–water partition coefficient (Wildman–Crippen LogP) is -0.0797. The molecule has 1 heterocycles. The van der Waals surface area contributed by atoms with E-state index in [0.29, 0.717) is 0 Å². The van der Waals surface area contributed by atoms with E-state index in [0.717, 1.165) is 13.0 Å². The summed E-state index contributed by atoms with van der Waals surface area (Å²) in [6.45, 7) is 0.870. The molecular weight excluding hydrogens is 146 g/mol. The van der Waals surface area contributed by atoms with E-state index in [2.05, 4.69) is 0 Å². The Balaban J connectivity index is 2.24. The highest BCUT2D eigenvalue weighted by Gasteiger charge is 2.22. The Morgan fingerprint density at radius 3 is 2.90 bits per heavy atom. The molecule has 0 saturated carbocycles. The summed E-state index contributed by atoms with van der Waals surface area (Å²) in [6.07, 6.45) is 3.53. The Bertz CT molecular complexity index is 95.7. The van der Waals surface area contributed by atoms with Crippen LogP contribution in [0.25, 0.3) is 0 Å². The first-order valence-electron chi connectivity index (χ1n) is 3.74. The fraction of sp³-hybridized carbons (Fsp3) is 1.00. The molecule has 0 aliphatic carbocycles. The number of ether oxygens (including phenoxy) is 1. The van der Waals surface area contributed by atoms with Crippen molar-refractivity contribution in [3.63, 3.8) is 0 Å². The molecule has 10 heavy (non-hydrogen) atoms. The van der Waals surface area contributed by atoms with E-state index in [1.54, 1.807) is 7.11 Å². The minimum Gasteiger partial charge on any atom is -0.407 e. The summed E-state index contributed by atoms with van der Waals surface area (Å²) in [5.74, 6) is 0. The lowest BCUT2D eigenvalue weighted by Crippen LogP contribution is -2.45.